The molecule has 0 aliphatic carbocycles. The van der Waals surface area contributed by atoms with Crippen molar-refractivity contribution in [1.82, 2.24) is 15.1 Å². The van der Waals surface area contributed by atoms with Crippen LogP contribution in [0.3, 0.4) is 0 Å². The van der Waals surface area contributed by atoms with Gasteiger partial charge in [-0.05, 0) is 25.0 Å². The van der Waals surface area contributed by atoms with Crippen LogP contribution in [0.25, 0.3) is 0 Å². The predicted octanol–water partition coefficient (Wildman–Crippen LogP) is 3.66. The Labute approximate surface area is 215 Å². The zero-order chi connectivity index (χ0) is 22.8. The van der Waals surface area contributed by atoms with Crippen molar-refractivity contribution in [3.8, 4) is 17.2 Å². The third kappa shape index (κ3) is 7.40. The van der Waals surface area contributed by atoms with E-state index in [4.69, 9.17) is 19.2 Å². The lowest BCUT2D eigenvalue weighted by Gasteiger charge is -2.36. The van der Waals surface area contributed by atoms with Crippen LogP contribution in [0.5, 0.6) is 17.2 Å². The van der Waals surface area contributed by atoms with Crippen LogP contribution in [-0.4, -0.2) is 76.4 Å². The van der Waals surface area contributed by atoms with Crippen molar-refractivity contribution in [3.05, 3.63) is 53.6 Å². The Morgan fingerprint density at radius 1 is 0.909 bits per heavy atom. The highest BCUT2D eigenvalue weighted by Gasteiger charge is 2.20. The lowest BCUT2D eigenvalue weighted by Crippen LogP contribution is -2.52. The topological polar surface area (TPSA) is 58.6 Å². The van der Waals surface area contributed by atoms with Gasteiger partial charge in [-0.2, -0.15) is 0 Å². The van der Waals surface area contributed by atoms with Gasteiger partial charge in [-0.3, -0.25) is 9.89 Å². The molecule has 0 amide bonds. The number of hydrogen-bond acceptors (Lipinski definition) is 5. The van der Waals surface area contributed by atoms with Gasteiger partial charge in [0.05, 0.1) is 21.3 Å². The van der Waals surface area contributed by atoms with Gasteiger partial charge in [-0.25, -0.2) is 0 Å². The Balaban J connectivity index is 0.00000385. The first-order valence-electron chi connectivity index (χ1n) is 11.3. The average Bonchev–Trinajstić information content (AvgIpc) is 2.84. The third-order valence-corrected chi connectivity index (χ3v) is 5.68. The quantitative estimate of drug-likeness (QED) is 0.283. The van der Waals surface area contributed by atoms with Crippen LogP contribution in [0.4, 0.5) is 0 Å². The second-order valence-corrected chi connectivity index (χ2v) is 7.73. The van der Waals surface area contributed by atoms with E-state index in [0.717, 1.165) is 57.2 Å². The van der Waals surface area contributed by atoms with Crippen molar-refractivity contribution >= 4 is 29.9 Å². The molecule has 1 fully saturated rings. The molecule has 2 aromatic rings. The molecule has 1 aliphatic heterocycles. The fourth-order valence-corrected chi connectivity index (χ4v) is 4.03. The van der Waals surface area contributed by atoms with Gasteiger partial charge >= 0.3 is 0 Å². The SMILES string of the molecule is CCNC(=NCCc1ccc(OC)c(OC)c1OC)N1CCN(Cc2ccccc2)CC1.I. The van der Waals surface area contributed by atoms with Crippen molar-refractivity contribution < 1.29 is 14.2 Å². The fourth-order valence-electron chi connectivity index (χ4n) is 4.03. The molecule has 0 atom stereocenters. The normalized spacial score (nSPS) is 14.4. The zero-order valence-corrected chi connectivity index (χ0v) is 22.5. The molecule has 1 N–H and O–H groups in total. The van der Waals surface area contributed by atoms with E-state index < -0.39 is 0 Å². The van der Waals surface area contributed by atoms with Gasteiger partial charge in [0, 0.05) is 51.4 Å². The number of methoxy groups -OCH3 is 3. The number of nitrogens with one attached hydrogen (secondary N) is 1. The first kappa shape index (κ1) is 27.0. The summed E-state index contributed by atoms with van der Waals surface area (Å²) in [6.45, 7) is 8.63. The van der Waals surface area contributed by atoms with E-state index in [1.807, 2.05) is 12.1 Å². The first-order chi connectivity index (χ1) is 15.7. The molecule has 8 heteroatoms. The van der Waals surface area contributed by atoms with Crippen LogP contribution in [0.1, 0.15) is 18.1 Å². The maximum atomic E-state index is 5.61. The summed E-state index contributed by atoms with van der Waals surface area (Å²) in [6.07, 6.45) is 0.756. The van der Waals surface area contributed by atoms with E-state index in [1.54, 1.807) is 21.3 Å². The molecular weight excluding hydrogens is 531 g/mol. The molecule has 0 radical (unpaired) electrons. The van der Waals surface area contributed by atoms with Gasteiger partial charge in [0.1, 0.15) is 0 Å². The summed E-state index contributed by atoms with van der Waals surface area (Å²) in [5.74, 6) is 2.98. The fraction of sp³-hybridized carbons (Fsp3) is 0.480. The summed E-state index contributed by atoms with van der Waals surface area (Å²) >= 11 is 0. The van der Waals surface area contributed by atoms with E-state index in [0.29, 0.717) is 23.8 Å². The van der Waals surface area contributed by atoms with Crippen molar-refractivity contribution in [1.29, 1.82) is 0 Å². The molecule has 33 heavy (non-hydrogen) atoms. The summed E-state index contributed by atoms with van der Waals surface area (Å²) in [7, 11) is 4.91. The minimum absolute atomic E-state index is 0. The van der Waals surface area contributed by atoms with Crippen molar-refractivity contribution in [2.45, 2.75) is 19.9 Å². The van der Waals surface area contributed by atoms with Crippen LogP contribution in [0.2, 0.25) is 0 Å². The van der Waals surface area contributed by atoms with Crippen LogP contribution in [0.15, 0.2) is 47.5 Å². The largest absolute Gasteiger partial charge is 0.493 e. The molecule has 0 unspecified atom stereocenters. The number of piperazine rings is 1. The van der Waals surface area contributed by atoms with Crippen LogP contribution < -0.4 is 19.5 Å². The second-order valence-electron chi connectivity index (χ2n) is 7.73. The molecule has 1 aliphatic rings. The molecule has 182 valence electrons. The summed E-state index contributed by atoms with van der Waals surface area (Å²) in [6, 6.07) is 14.6. The highest BCUT2D eigenvalue weighted by Crippen LogP contribution is 2.39. The molecule has 0 saturated carbocycles. The Morgan fingerprint density at radius 3 is 2.21 bits per heavy atom. The number of guanidine groups is 1. The van der Waals surface area contributed by atoms with Crippen molar-refractivity contribution in [2.75, 3.05) is 60.6 Å². The molecule has 0 bridgehead atoms. The number of rotatable bonds is 9. The lowest BCUT2D eigenvalue weighted by atomic mass is 10.1. The van der Waals surface area contributed by atoms with Gasteiger partial charge in [0.2, 0.25) is 5.75 Å². The van der Waals surface area contributed by atoms with Crippen molar-refractivity contribution in [3.63, 3.8) is 0 Å². The number of halogens is 1. The lowest BCUT2D eigenvalue weighted by molar-refractivity contribution is 0.172. The molecule has 3 rings (SSSR count). The number of nitrogens with zero attached hydrogens (tertiary/aromatic N) is 3. The molecule has 1 saturated heterocycles. The number of hydrogen-bond donors (Lipinski definition) is 1. The number of benzene rings is 2. The molecule has 0 spiro atoms. The Bertz CT molecular complexity index is 871. The highest BCUT2D eigenvalue weighted by atomic mass is 127. The van der Waals surface area contributed by atoms with E-state index in [-0.39, 0.29) is 24.0 Å². The Hall–Kier alpha value is -2.20. The number of ether oxygens (including phenoxy) is 3. The van der Waals surface area contributed by atoms with Gasteiger partial charge < -0.3 is 24.4 Å². The molecule has 0 aromatic heterocycles. The Morgan fingerprint density at radius 2 is 1.61 bits per heavy atom. The van der Waals surface area contributed by atoms with Crippen molar-refractivity contribution in [2.24, 2.45) is 4.99 Å². The second kappa shape index (κ2) is 14.1. The number of aliphatic imine (C=N–C) groups is 1. The van der Waals surface area contributed by atoms with Crippen LogP contribution >= 0.6 is 24.0 Å². The minimum Gasteiger partial charge on any atom is -0.493 e. The van der Waals surface area contributed by atoms with E-state index in [1.165, 1.54) is 5.56 Å². The van der Waals surface area contributed by atoms with Gasteiger partial charge in [-0.1, -0.05) is 36.4 Å². The maximum Gasteiger partial charge on any atom is 0.203 e. The summed E-state index contributed by atoms with van der Waals surface area (Å²) < 4.78 is 16.5. The molecule has 2 aromatic carbocycles. The van der Waals surface area contributed by atoms with Gasteiger partial charge in [0.25, 0.3) is 0 Å². The summed E-state index contributed by atoms with van der Waals surface area (Å²) in [5, 5.41) is 3.45. The third-order valence-electron chi connectivity index (χ3n) is 5.68. The summed E-state index contributed by atoms with van der Waals surface area (Å²) in [4.78, 5) is 9.76. The smallest absolute Gasteiger partial charge is 0.203 e. The first-order valence-corrected chi connectivity index (χ1v) is 11.3. The monoisotopic (exact) mass is 568 g/mol. The minimum atomic E-state index is 0. The van der Waals surface area contributed by atoms with E-state index in [9.17, 15) is 0 Å². The zero-order valence-electron chi connectivity index (χ0n) is 20.2. The van der Waals surface area contributed by atoms with E-state index in [2.05, 4.69) is 52.4 Å². The summed E-state index contributed by atoms with van der Waals surface area (Å²) in [5.41, 5.74) is 2.42. The van der Waals surface area contributed by atoms with Crippen LogP contribution in [-0.2, 0) is 13.0 Å². The molecule has 7 nitrogen and oxygen atoms in total. The predicted molar refractivity (Wildman–Crippen MR) is 144 cm³/mol. The Kier molecular flexibility index (Phi) is 11.6. The van der Waals surface area contributed by atoms with Crippen LogP contribution in [0, 0.1) is 0 Å². The van der Waals surface area contributed by atoms with E-state index >= 15 is 0 Å². The standard InChI is InChI=1S/C25H36N4O3.HI/c1-5-26-25(29-17-15-28(16-18-29)19-20-9-7-6-8-10-20)27-14-13-21-11-12-22(30-2)24(32-4)23(21)31-3;/h6-12H,5,13-19H2,1-4H3,(H,26,27);1H. The maximum absolute atomic E-state index is 5.61. The highest BCUT2D eigenvalue weighted by molar-refractivity contribution is 14.0. The molecular formula is C25H37IN4O3. The van der Waals surface area contributed by atoms with Gasteiger partial charge in [0.15, 0.2) is 17.5 Å². The van der Waals surface area contributed by atoms with Gasteiger partial charge in [-0.15, -0.1) is 24.0 Å². The molecule has 1 heterocycles. The average molecular weight is 569 g/mol.